The summed E-state index contributed by atoms with van der Waals surface area (Å²) in [5.74, 6) is 0.354. The number of hydrogen-bond donors (Lipinski definition) is 0. The van der Waals surface area contributed by atoms with Crippen LogP contribution < -0.4 is 9.80 Å². The maximum atomic E-state index is 2.53. The molecular weight excluding hydrogens is 641 g/mol. The zero-order chi connectivity index (χ0) is 36.9. The summed E-state index contributed by atoms with van der Waals surface area (Å²) in [5.41, 5.74) is 10.2. The fourth-order valence-corrected chi connectivity index (χ4v) is 8.11. The lowest BCUT2D eigenvalue weighted by atomic mass is 9.78. The van der Waals surface area contributed by atoms with Gasteiger partial charge in [-0.2, -0.15) is 0 Å². The Morgan fingerprint density at radius 3 is 1.34 bits per heavy atom. The van der Waals surface area contributed by atoms with E-state index in [1.54, 1.807) is 0 Å². The molecule has 0 saturated carbocycles. The molecule has 1 atom stereocenters. The normalized spacial score (nSPS) is 15.0. The lowest BCUT2D eigenvalue weighted by molar-refractivity contribution is 0.453. The molecule has 1 aliphatic carbocycles. The van der Waals surface area contributed by atoms with Crippen molar-refractivity contribution in [3.05, 3.63) is 175 Å². The van der Waals surface area contributed by atoms with Gasteiger partial charge in [-0.3, -0.25) is 0 Å². The third kappa shape index (κ3) is 6.42. The van der Waals surface area contributed by atoms with Crippen LogP contribution in [0.1, 0.15) is 60.5 Å². The summed E-state index contributed by atoms with van der Waals surface area (Å²) in [6.07, 6.45) is 5.80. The third-order valence-electron chi connectivity index (χ3n) is 11.0. The van der Waals surface area contributed by atoms with Gasteiger partial charge in [-0.1, -0.05) is 157 Å². The molecule has 0 heterocycles. The summed E-state index contributed by atoms with van der Waals surface area (Å²) in [5, 5.41) is 7.46. The molecular formula is C51H50N2. The van der Waals surface area contributed by atoms with E-state index in [4.69, 9.17) is 0 Å². The van der Waals surface area contributed by atoms with Crippen molar-refractivity contribution >= 4 is 60.8 Å². The number of hydrogen-bond acceptors (Lipinski definition) is 2. The minimum Gasteiger partial charge on any atom is -0.313 e. The molecule has 0 bridgehead atoms. The van der Waals surface area contributed by atoms with E-state index in [-0.39, 0.29) is 10.8 Å². The van der Waals surface area contributed by atoms with Crippen molar-refractivity contribution in [2.45, 2.75) is 60.3 Å². The van der Waals surface area contributed by atoms with Gasteiger partial charge in [0.1, 0.15) is 0 Å². The Morgan fingerprint density at radius 2 is 0.868 bits per heavy atom. The quantitative estimate of drug-likeness (QED) is 0.160. The number of fused-ring (bicyclic) bond motifs is 5. The molecule has 2 heteroatoms. The molecule has 0 fully saturated rings. The van der Waals surface area contributed by atoms with Gasteiger partial charge in [0.15, 0.2) is 0 Å². The zero-order valence-corrected chi connectivity index (χ0v) is 32.2. The highest BCUT2D eigenvalue weighted by Crippen LogP contribution is 2.48. The fourth-order valence-electron chi connectivity index (χ4n) is 8.11. The van der Waals surface area contributed by atoms with Crippen LogP contribution in [0.2, 0.25) is 0 Å². The number of rotatable bonds is 6. The van der Waals surface area contributed by atoms with E-state index in [0.29, 0.717) is 5.92 Å². The SMILES string of the molecule is CC1CC(C(C)(C)C)=CC=C1N(c1ccccc1)c1cc2c3ccccc3c(N(c3ccccc3)c3ccc(C(C)(C)C)cc3)cc2c2ccccc12. The lowest BCUT2D eigenvalue weighted by Crippen LogP contribution is -2.25. The van der Waals surface area contributed by atoms with E-state index in [1.807, 2.05) is 0 Å². The number of para-hydroxylation sites is 2. The van der Waals surface area contributed by atoms with Crippen LogP contribution >= 0.6 is 0 Å². The highest BCUT2D eigenvalue weighted by Gasteiger charge is 2.29. The van der Waals surface area contributed by atoms with Crippen molar-refractivity contribution in [2.24, 2.45) is 11.3 Å². The standard InChI is InChI=1S/C51H50N2/c1-35-32-37(51(5,6)7)28-31-47(35)53(39-20-12-9-13-21-39)49-34-46-41-22-14-16-24-43(41)48(33-45(46)42-23-15-17-25-44(42)49)52(38-18-10-8-11-19-38)40-29-26-36(27-30-40)50(2,3)4/h8-31,33-35H,32H2,1-7H3. The molecule has 7 aromatic rings. The highest BCUT2D eigenvalue weighted by atomic mass is 15.2. The summed E-state index contributed by atoms with van der Waals surface area (Å²) in [7, 11) is 0. The van der Waals surface area contributed by atoms with E-state index >= 15 is 0 Å². The average Bonchev–Trinajstić information content (AvgIpc) is 3.16. The molecule has 53 heavy (non-hydrogen) atoms. The number of nitrogens with zero attached hydrogens (tertiary/aromatic N) is 2. The Morgan fingerprint density at radius 1 is 0.434 bits per heavy atom. The number of anilines is 5. The summed E-state index contributed by atoms with van der Waals surface area (Å²) in [6, 6.07) is 53.7. The zero-order valence-electron chi connectivity index (χ0n) is 32.2. The van der Waals surface area contributed by atoms with Crippen molar-refractivity contribution < 1.29 is 0 Å². The molecule has 0 saturated heterocycles. The van der Waals surface area contributed by atoms with Crippen molar-refractivity contribution in [3.8, 4) is 0 Å². The van der Waals surface area contributed by atoms with Gasteiger partial charge in [0, 0.05) is 39.4 Å². The summed E-state index contributed by atoms with van der Waals surface area (Å²) in [4.78, 5) is 4.96. The minimum atomic E-state index is 0.0760. The van der Waals surface area contributed by atoms with E-state index in [1.165, 1.54) is 66.2 Å². The third-order valence-corrected chi connectivity index (χ3v) is 11.0. The van der Waals surface area contributed by atoms with Gasteiger partial charge in [-0.05, 0) is 99.0 Å². The predicted molar refractivity (Wildman–Crippen MR) is 230 cm³/mol. The van der Waals surface area contributed by atoms with Gasteiger partial charge in [0.25, 0.3) is 0 Å². The molecule has 2 nitrogen and oxygen atoms in total. The lowest BCUT2D eigenvalue weighted by Gasteiger charge is -2.37. The van der Waals surface area contributed by atoms with Crippen LogP contribution in [-0.4, -0.2) is 0 Å². The largest absolute Gasteiger partial charge is 0.313 e. The molecule has 1 unspecified atom stereocenters. The van der Waals surface area contributed by atoms with Gasteiger partial charge in [-0.25, -0.2) is 0 Å². The Balaban J connectivity index is 1.41. The smallest absolute Gasteiger partial charge is 0.0546 e. The number of benzene rings is 7. The molecule has 0 amide bonds. The van der Waals surface area contributed by atoms with Gasteiger partial charge in [-0.15, -0.1) is 0 Å². The molecule has 0 spiro atoms. The first-order valence-electron chi connectivity index (χ1n) is 19.1. The van der Waals surface area contributed by atoms with E-state index < -0.39 is 0 Å². The second-order valence-electron chi connectivity index (χ2n) is 16.8. The fraction of sp³-hybridized carbons (Fsp3) is 0.216. The maximum Gasteiger partial charge on any atom is 0.0546 e. The van der Waals surface area contributed by atoms with Crippen LogP contribution in [0, 0.1) is 11.3 Å². The van der Waals surface area contributed by atoms with E-state index in [2.05, 4.69) is 216 Å². The van der Waals surface area contributed by atoms with Gasteiger partial charge in [0.05, 0.1) is 11.4 Å². The van der Waals surface area contributed by atoms with Crippen LogP contribution in [0.3, 0.4) is 0 Å². The highest BCUT2D eigenvalue weighted by molar-refractivity contribution is 6.24. The number of allylic oxidation sites excluding steroid dienone is 4. The first-order chi connectivity index (χ1) is 25.5. The molecule has 8 rings (SSSR count). The first-order valence-corrected chi connectivity index (χ1v) is 19.1. The second kappa shape index (κ2) is 13.4. The van der Waals surface area contributed by atoms with Crippen LogP contribution in [0.15, 0.2) is 169 Å². The van der Waals surface area contributed by atoms with E-state index in [9.17, 15) is 0 Å². The Bertz CT molecular complexity index is 2490. The minimum absolute atomic E-state index is 0.0760. The van der Waals surface area contributed by atoms with Gasteiger partial charge in [0.2, 0.25) is 0 Å². The van der Waals surface area contributed by atoms with Crippen molar-refractivity contribution in [3.63, 3.8) is 0 Å². The van der Waals surface area contributed by atoms with E-state index in [0.717, 1.165) is 17.8 Å². The maximum absolute atomic E-state index is 2.53. The van der Waals surface area contributed by atoms with Crippen LogP contribution in [0.4, 0.5) is 28.4 Å². The molecule has 0 aromatic heterocycles. The van der Waals surface area contributed by atoms with Crippen molar-refractivity contribution in [1.82, 2.24) is 0 Å². The molecule has 7 aromatic carbocycles. The monoisotopic (exact) mass is 690 g/mol. The van der Waals surface area contributed by atoms with Crippen molar-refractivity contribution in [1.29, 1.82) is 0 Å². The van der Waals surface area contributed by atoms with Crippen LogP contribution in [-0.2, 0) is 5.41 Å². The average molecular weight is 691 g/mol. The van der Waals surface area contributed by atoms with Gasteiger partial charge < -0.3 is 9.80 Å². The van der Waals surface area contributed by atoms with Gasteiger partial charge >= 0.3 is 0 Å². The second-order valence-corrected chi connectivity index (χ2v) is 16.8. The van der Waals surface area contributed by atoms with Crippen molar-refractivity contribution in [2.75, 3.05) is 9.80 Å². The summed E-state index contributed by atoms with van der Waals surface area (Å²) < 4.78 is 0. The Labute approximate surface area is 315 Å². The first kappa shape index (κ1) is 34.5. The molecule has 264 valence electrons. The van der Waals surface area contributed by atoms with Crippen LogP contribution in [0.5, 0.6) is 0 Å². The molecule has 0 N–H and O–H groups in total. The topological polar surface area (TPSA) is 6.48 Å². The molecule has 0 aliphatic heterocycles. The molecule has 1 aliphatic rings. The molecule has 0 radical (unpaired) electrons. The predicted octanol–water partition coefficient (Wildman–Crippen LogP) is 14.9. The Hall–Kier alpha value is -5.60. The van der Waals surface area contributed by atoms with Crippen LogP contribution in [0.25, 0.3) is 32.3 Å². The Kier molecular flexibility index (Phi) is 8.74. The summed E-state index contributed by atoms with van der Waals surface area (Å²) in [6.45, 7) is 16.2. The summed E-state index contributed by atoms with van der Waals surface area (Å²) >= 11 is 0.